The molecule has 0 fully saturated rings. The van der Waals surface area contributed by atoms with Crippen molar-refractivity contribution >= 4 is 0 Å². The number of unbranched alkanes of at least 4 members (excludes halogenated alkanes) is 33. The number of hydrogen-bond donors (Lipinski definition) is 0. The third-order valence-electron chi connectivity index (χ3n) is 11.1. The van der Waals surface area contributed by atoms with E-state index in [-0.39, 0.29) is 0 Å². The molecule has 1 rings (SSSR count). The molecule has 0 unspecified atom stereocenters. The zero-order chi connectivity index (χ0) is 33.7. The lowest BCUT2D eigenvalue weighted by molar-refractivity contribution is 0.135. The normalized spacial score (nSPS) is 13.5. The van der Waals surface area contributed by atoms with Crippen molar-refractivity contribution in [1.82, 2.24) is 9.80 Å². The van der Waals surface area contributed by atoms with Gasteiger partial charge in [0.05, 0.1) is 0 Å². The molecule has 0 aromatic heterocycles. The van der Waals surface area contributed by atoms with E-state index in [1.807, 2.05) is 0 Å². The summed E-state index contributed by atoms with van der Waals surface area (Å²) in [5, 5.41) is 0. The van der Waals surface area contributed by atoms with Crippen LogP contribution in [0.1, 0.15) is 258 Å². The van der Waals surface area contributed by atoms with Crippen LogP contribution < -0.4 is 0 Å². The maximum absolute atomic E-state index is 2.72. The maximum Gasteiger partial charge on any atom is 0.101 e. The van der Waals surface area contributed by atoms with Gasteiger partial charge in [-0.1, -0.05) is 233 Å². The molecule has 1 aliphatic heterocycles. The highest BCUT2D eigenvalue weighted by Crippen LogP contribution is 2.24. The minimum atomic E-state index is 0.638. The van der Waals surface area contributed by atoms with Gasteiger partial charge in [0.1, 0.15) is 6.17 Å². The van der Waals surface area contributed by atoms with Gasteiger partial charge in [0.25, 0.3) is 0 Å². The molecule has 0 saturated heterocycles. The fourth-order valence-electron chi connectivity index (χ4n) is 7.78. The molecule has 1 heterocycles. The SMILES string of the molecule is CCCCCCCCCCCCCCCCCN1C=CN(CCCCCCCCCCCCCCCCC)C1CCCCCCCC. The predicted molar refractivity (Wildman–Crippen MR) is 214 cm³/mol. The highest BCUT2D eigenvalue weighted by molar-refractivity contribution is 4.97. The first-order valence-electron chi connectivity index (χ1n) is 22.5. The van der Waals surface area contributed by atoms with Crippen molar-refractivity contribution in [3.8, 4) is 0 Å². The van der Waals surface area contributed by atoms with Crippen LogP contribution in [0.15, 0.2) is 12.4 Å². The van der Waals surface area contributed by atoms with Crippen molar-refractivity contribution in [3.63, 3.8) is 0 Å². The van der Waals surface area contributed by atoms with Crippen LogP contribution >= 0.6 is 0 Å². The average molecular weight is 659 g/mol. The molecule has 0 saturated carbocycles. The molecule has 0 amide bonds. The Labute approximate surface area is 299 Å². The van der Waals surface area contributed by atoms with E-state index in [0.29, 0.717) is 6.17 Å². The Morgan fingerprint density at radius 1 is 0.277 bits per heavy atom. The Bertz CT molecular complexity index is 571. The second kappa shape index (κ2) is 36.6. The second-order valence-corrected chi connectivity index (χ2v) is 15.7. The van der Waals surface area contributed by atoms with Gasteiger partial charge in [-0.25, -0.2) is 0 Å². The molecule has 0 aliphatic carbocycles. The molecule has 0 aromatic rings. The second-order valence-electron chi connectivity index (χ2n) is 15.7. The fraction of sp³-hybridized carbons (Fsp3) is 0.956. The molecule has 1 aliphatic rings. The van der Waals surface area contributed by atoms with Gasteiger partial charge in [-0.2, -0.15) is 0 Å². The summed E-state index contributed by atoms with van der Waals surface area (Å²) in [7, 11) is 0. The van der Waals surface area contributed by atoms with Crippen LogP contribution in [0.25, 0.3) is 0 Å². The highest BCUT2D eigenvalue weighted by Gasteiger charge is 2.24. The molecule has 0 aromatic carbocycles. The van der Waals surface area contributed by atoms with Crippen molar-refractivity contribution < 1.29 is 0 Å². The van der Waals surface area contributed by atoms with Crippen LogP contribution in [0.2, 0.25) is 0 Å². The Morgan fingerprint density at radius 2 is 0.489 bits per heavy atom. The van der Waals surface area contributed by atoms with Crippen LogP contribution in [-0.4, -0.2) is 29.1 Å². The van der Waals surface area contributed by atoms with Crippen molar-refractivity contribution in [3.05, 3.63) is 12.4 Å². The van der Waals surface area contributed by atoms with E-state index in [4.69, 9.17) is 0 Å². The minimum absolute atomic E-state index is 0.638. The van der Waals surface area contributed by atoms with Gasteiger partial charge in [-0.3, -0.25) is 0 Å². The molecule has 0 N–H and O–H groups in total. The number of nitrogens with zero attached hydrogens (tertiary/aromatic N) is 2. The molecule has 0 radical (unpaired) electrons. The molecule has 280 valence electrons. The van der Waals surface area contributed by atoms with Gasteiger partial charge < -0.3 is 9.80 Å². The summed E-state index contributed by atoms with van der Waals surface area (Å²) < 4.78 is 0. The van der Waals surface area contributed by atoms with Crippen molar-refractivity contribution in [1.29, 1.82) is 0 Å². The Hall–Kier alpha value is -0.660. The third kappa shape index (κ3) is 28.8. The van der Waals surface area contributed by atoms with Crippen molar-refractivity contribution in [2.45, 2.75) is 265 Å². The van der Waals surface area contributed by atoms with E-state index in [1.165, 1.54) is 251 Å². The Kier molecular flexibility index (Phi) is 34.6. The zero-order valence-electron chi connectivity index (χ0n) is 33.2. The topological polar surface area (TPSA) is 6.48 Å². The standard InChI is InChI=1S/C45H90N2/c1-4-7-10-13-16-18-20-22-24-26-28-30-32-35-38-41-46-43-44-47(45(46)40-37-34-15-12-9-6-3)42-39-36-33-31-29-27-25-23-21-19-17-14-11-8-5-2/h43-45H,4-42H2,1-3H3. The van der Waals surface area contributed by atoms with E-state index in [9.17, 15) is 0 Å². The monoisotopic (exact) mass is 659 g/mol. The summed E-state index contributed by atoms with van der Waals surface area (Å²) in [6.07, 6.45) is 58.9. The molecule has 0 atom stereocenters. The van der Waals surface area contributed by atoms with Crippen molar-refractivity contribution in [2.24, 2.45) is 0 Å². The van der Waals surface area contributed by atoms with Crippen LogP contribution in [0, 0.1) is 0 Å². The molecule has 47 heavy (non-hydrogen) atoms. The van der Waals surface area contributed by atoms with Crippen molar-refractivity contribution in [2.75, 3.05) is 13.1 Å². The van der Waals surface area contributed by atoms with Crippen LogP contribution in [0.3, 0.4) is 0 Å². The van der Waals surface area contributed by atoms with Gasteiger partial charge in [0.15, 0.2) is 0 Å². The Morgan fingerprint density at radius 3 is 0.745 bits per heavy atom. The first-order chi connectivity index (χ1) is 23.3. The summed E-state index contributed by atoms with van der Waals surface area (Å²) in [6.45, 7) is 9.49. The molecule has 0 spiro atoms. The summed E-state index contributed by atoms with van der Waals surface area (Å²) >= 11 is 0. The predicted octanol–water partition coefficient (Wildman–Crippen LogP) is 15.9. The number of hydrogen-bond acceptors (Lipinski definition) is 2. The molecular weight excluding hydrogens is 569 g/mol. The summed E-state index contributed by atoms with van der Waals surface area (Å²) in [5.41, 5.74) is 0. The lowest BCUT2D eigenvalue weighted by Gasteiger charge is -2.33. The lowest BCUT2D eigenvalue weighted by atomic mass is 10.0. The van der Waals surface area contributed by atoms with Gasteiger partial charge in [-0.05, 0) is 25.7 Å². The Balaban J connectivity index is 2.11. The molecular formula is C45H90N2. The van der Waals surface area contributed by atoms with Crippen LogP contribution in [-0.2, 0) is 0 Å². The first kappa shape index (κ1) is 44.4. The fourth-order valence-corrected chi connectivity index (χ4v) is 7.78. The van der Waals surface area contributed by atoms with E-state index in [0.717, 1.165) is 0 Å². The van der Waals surface area contributed by atoms with Gasteiger partial charge in [-0.15, -0.1) is 0 Å². The van der Waals surface area contributed by atoms with Gasteiger partial charge in [0, 0.05) is 25.5 Å². The molecule has 2 heteroatoms. The van der Waals surface area contributed by atoms with E-state index >= 15 is 0 Å². The highest BCUT2D eigenvalue weighted by atomic mass is 15.4. The van der Waals surface area contributed by atoms with E-state index < -0.39 is 0 Å². The van der Waals surface area contributed by atoms with E-state index in [1.54, 1.807) is 0 Å². The zero-order valence-corrected chi connectivity index (χ0v) is 33.2. The third-order valence-corrected chi connectivity index (χ3v) is 11.1. The van der Waals surface area contributed by atoms with Crippen LogP contribution in [0.5, 0.6) is 0 Å². The first-order valence-corrected chi connectivity index (χ1v) is 22.5. The van der Waals surface area contributed by atoms with Gasteiger partial charge in [0.2, 0.25) is 0 Å². The quantitative estimate of drug-likeness (QED) is 0.0606. The lowest BCUT2D eigenvalue weighted by Crippen LogP contribution is -2.39. The van der Waals surface area contributed by atoms with Crippen LogP contribution in [0.4, 0.5) is 0 Å². The molecule has 2 nitrogen and oxygen atoms in total. The smallest absolute Gasteiger partial charge is 0.101 e. The average Bonchev–Trinajstić information content (AvgIpc) is 3.47. The summed E-state index contributed by atoms with van der Waals surface area (Å²) in [4.78, 5) is 5.44. The maximum atomic E-state index is 2.72. The number of rotatable bonds is 39. The molecule has 0 bridgehead atoms. The van der Waals surface area contributed by atoms with Gasteiger partial charge >= 0.3 is 0 Å². The summed E-state index contributed by atoms with van der Waals surface area (Å²) in [6, 6.07) is 0. The summed E-state index contributed by atoms with van der Waals surface area (Å²) in [5.74, 6) is 0. The minimum Gasteiger partial charge on any atom is -0.356 e. The largest absolute Gasteiger partial charge is 0.356 e. The van der Waals surface area contributed by atoms with E-state index in [2.05, 4.69) is 43.0 Å².